The summed E-state index contributed by atoms with van der Waals surface area (Å²) < 4.78 is 0. The van der Waals surface area contributed by atoms with Crippen LogP contribution in [0.4, 0.5) is 5.69 Å². The molecule has 0 radical (unpaired) electrons. The minimum Gasteiger partial charge on any atom is -0.374 e. The predicted molar refractivity (Wildman–Crippen MR) is 73.5 cm³/mol. The predicted octanol–water partition coefficient (Wildman–Crippen LogP) is 2.41. The third-order valence-electron chi connectivity index (χ3n) is 2.99. The lowest BCUT2D eigenvalue weighted by Gasteiger charge is -2.20. The van der Waals surface area contributed by atoms with Gasteiger partial charge >= 0.3 is 0 Å². The van der Waals surface area contributed by atoms with Crippen LogP contribution in [0.15, 0.2) is 30.3 Å². The van der Waals surface area contributed by atoms with Crippen LogP contribution in [-0.4, -0.2) is 25.6 Å². The van der Waals surface area contributed by atoms with E-state index in [1.165, 1.54) is 11.1 Å². The first-order valence-electron chi connectivity index (χ1n) is 6.00. The number of nitrogens with one attached hydrogen (secondary N) is 1. The Morgan fingerprint density at radius 1 is 1.29 bits per heavy atom. The molecule has 2 rings (SSSR count). The number of hydrogen-bond donors (Lipinski definition) is 1. The molecule has 0 bridgehead atoms. The van der Waals surface area contributed by atoms with Crippen molar-refractivity contribution >= 4 is 16.6 Å². The van der Waals surface area contributed by atoms with Gasteiger partial charge in [0, 0.05) is 31.2 Å². The van der Waals surface area contributed by atoms with Crippen LogP contribution in [0.5, 0.6) is 0 Å². The molecule has 0 amide bonds. The number of rotatable bonds is 4. The van der Waals surface area contributed by atoms with Gasteiger partial charge in [-0.25, -0.2) is 0 Å². The van der Waals surface area contributed by atoms with Crippen LogP contribution in [0.1, 0.15) is 12.6 Å². The van der Waals surface area contributed by atoms with E-state index in [9.17, 15) is 0 Å². The lowest BCUT2D eigenvalue weighted by Crippen LogP contribution is -2.17. The van der Waals surface area contributed by atoms with E-state index in [0.29, 0.717) is 0 Å². The molecule has 17 heavy (non-hydrogen) atoms. The lowest BCUT2D eigenvalue weighted by atomic mass is 10.1. The zero-order valence-corrected chi connectivity index (χ0v) is 10.7. The maximum Gasteiger partial charge on any atom is 0.0726 e. The molecule has 0 aliphatic carbocycles. The largest absolute Gasteiger partial charge is 0.374 e. The van der Waals surface area contributed by atoms with Crippen LogP contribution in [0.3, 0.4) is 0 Å². The van der Waals surface area contributed by atoms with E-state index in [4.69, 9.17) is 0 Å². The topological polar surface area (TPSA) is 28.2 Å². The summed E-state index contributed by atoms with van der Waals surface area (Å²) in [5.41, 5.74) is 3.40. The van der Waals surface area contributed by atoms with Gasteiger partial charge in [0.15, 0.2) is 0 Å². The fraction of sp³-hybridized carbons (Fsp3) is 0.357. The van der Waals surface area contributed by atoms with E-state index in [-0.39, 0.29) is 0 Å². The zero-order valence-electron chi connectivity index (χ0n) is 10.7. The third kappa shape index (κ3) is 2.39. The molecule has 1 aromatic carbocycles. The standard InChI is InChI=1S/C14H19N3/c1-4-17(3)14-9-11(10-15-2)16-13-8-6-5-7-12(13)14/h5-9,15H,4,10H2,1-3H3. The van der Waals surface area contributed by atoms with Crippen LogP contribution in [-0.2, 0) is 6.54 Å². The second-order valence-corrected chi connectivity index (χ2v) is 4.19. The summed E-state index contributed by atoms with van der Waals surface area (Å²) in [6.45, 7) is 3.95. The summed E-state index contributed by atoms with van der Waals surface area (Å²) in [7, 11) is 4.06. The van der Waals surface area contributed by atoms with Crippen molar-refractivity contribution < 1.29 is 0 Å². The van der Waals surface area contributed by atoms with Crippen molar-refractivity contribution in [2.75, 3.05) is 25.5 Å². The molecule has 1 N–H and O–H groups in total. The molecule has 0 saturated carbocycles. The van der Waals surface area contributed by atoms with E-state index in [2.05, 4.69) is 53.4 Å². The van der Waals surface area contributed by atoms with Gasteiger partial charge in [-0.15, -0.1) is 0 Å². The molecule has 0 aliphatic heterocycles. The Labute approximate surface area is 102 Å². The molecule has 0 atom stereocenters. The van der Waals surface area contributed by atoms with E-state index in [1.54, 1.807) is 0 Å². The van der Waals surface area contributed by atoms with Gasteiger partial charge in [0.2, 0.25) is 0 Å². The molecule has 0 fully saturated rings. The third-order valence-corrected chi connectivity index (χ3v) is 2.99. The highest BCUT2D eigenvalue weighted by atomic mass is 15.1. The van der Waals surface area contributed by atoms with Crippen LogP contribution in [0.25, 0.3) is 10.9 Å². The monoisotopic (exact) mass is 229 g/mol. The Morgan fingerprint density at radius 2 is 2.06 bits per heavy atom. The van der Waals surface area contributed by atoms with E-state index in [1.807, 2.05) is 13.1 Å². The SMILES string of the molecule is CCN(C)c1cc(CNC)nc2ccccc12. The molecule has 0 aliphatic rings. The molecule has 0 unspecified atom stereocenters. The first kappa shape index (κ1) is 11.9. The number of anilines is 1. The average Bonchev–Trinajstić information content (AvgIpc) is 2.37. The van der Waals surface area contributed by atoms with Crippen molar-refractivity contribution in [3.05, 3.63) is 36.0 Å². The Bertz CT molecular complexity index is 508. The maximum absolute atomic E-state index is 4.65. The number of pyridine rings is 1. The minimum atomic E-state index is 0.801. The summed E-state index contributed by atoms with van der Waals surface area (Å²) in [5.74, 6) is 0. The van der Waals surface area contributed by atoms with E-state index in [0.717, 1.165) is 24.3 Å². The summed E-state index contributed by atoms with van der Waals surface area (Å²) in [5, 5.41) is 4.37. The summed E-state index contributed by atoms with van der Waals surface area (Å²) >= 11 is 0. The quantitative estimate of drug-likeness (QED) is 0.872. The maximum atomic E-state index is 4.65. The Hall–Kier alpha value is -1.61. The number of para-hydroxylation sites is 1. The highest BCUT2D eigenvalue weighted by Crippen LogP contribution is 2.25. The second-order valence-electron chi connectivity index (χ2n) is 4.19. The summed E-state index contributed by atoms with van der Waals surface area (Å²) in [4.78, 5) is 6.91. The molecule has 90 valence electrons. The molecule has 3 heteroatoms. The van der Waals surface area contributed by atoms with Crippen molar-refractivity contribution in [3.63, 3.8) is 0 Å². The lowest BCUT2D eigenvalue weighted by molar-refractivity contribution is 0.794. The number of nitrogens with zero attached hydrogens (tertiary/aromatic N) is 2. The van der Waals surface area contributed by atoms with Gasteiger partial charge < -0.3 is 10.2 Å². The van der Waals surface area contributed by atoms with Crippen molar-refractivity contribution in [1.82, 2.24) is 10.3 Å². The van der Waals surface area contributed by atoms with Crippen LogP contribution in [0.2, 0.25) is 0 Å². The van der Waals surface area contributed by atoms with Gasteiger partial charge in [-0.3, -0.25) is 4.98 Å². The highest BCUT2D eigenvalue weighted by molar-refractivity contribution is 5.91. The molecular formula is C14H19N3. The average molecular weight is 229 g/mol. The van der Waals surface area contributed by atoms with Crippen LogP contribution in [0, 0.1) is 0 Å². The van der Waals surface area contributed by atoms with Gasteiger partial charge in [-0.1, -0.05) is 18.2 Å². The molecule has 1 aromatic heterocycles. The van der Waals surface area contributed by atoms with Gasteiger partial charge in [0.25, 0.3) is 0 Å². The first-order chi connectivity index (χ1) is 8.26. The summed E-state index contributed by atoms with van der Waals surface area (Å²) in [6, 6.07) is 10.5. The van der Waals surface area contributed by atoms with Crippen molar-refractivity contribution in [2.24, 2.45) is 0 Å². The van der Waals surface area contributed by atoms with Crippen LogP contribution < -0.4 is 10.2 Å². The number of benzene rings is 1. The Morgan fingerprint density at radius 3 is 2.76 bits per heavy atom. The normalized spacial score (nSPS) is 10.8. The summed E-state index contributed by atoms with van der Waals surface area (Å²) in [6.07, 6.45) is 0. The smallest absolute Gasteiger partial charge is 0.0726 e. The molecular weight excluding hydrogens is 210 g/mol. The first-order valence-corrected chi connectivity index (χ1v) is 6.00. The molecule has 0 saturated heterocycles. The van der Waals surface area contributed by atoms with Gasteiger partial charge in [-0.05, 0) is 26.1 Å². The fourth-order valence-electron chi connectivity index (χ4n) is 1.97. The molecule has 2 aromatic rings. The van der Waals surface area contributed by atoms with Gasteiger partial charge in [0.05, 0.1) is 11.2 Å². The van der Waals surface area contributed by atoms with E-state index < -0.39 is 0 Å². The Balaban J connectivity index is 2.60. The Kier molecular flexibility index (Phi) is 3.59. The minimum absolute atomic E-state index is 0.801. The fourth-order valence-corrected chi connectivity index (χ4v) is 1.97. The highest BCUT2D eigenvalue weighted by Gasteiger charge is 2.07. The molecule has 1 heterocycles. The van der Waals surface area contributed by atoms with Crippen molar-refractivity contribution in [1.29, 1.82) is 0 Å². The van der Waals surface area contributed by atoms with Crippen molar-refractivity contribution in [3.8, 4) is 0 Å². The van der Waals surface area contributed by atoms with Gasteiger partial charge in [-0.2, -0.15) is 0 Å². The van der Waals surface area contributed by atoms with Crippen molar-refractivity contribution in [2.45, 2.75) is 13.5 Å². The van der Waals surface area contributed by atoms with Crippen LogP contribution >= 0.6 is 0 Å². The second kappa shape index (κ2) is 5.15. The number of hydrogen-bond acceptors (Lipinski definition) is 3. The number of aromatic nitrogens is 1. The molecule has 0 spiro atoms. The van der Waals surface area contributed by atoms with Gasteiger partial charge in [0.1, 0.15) is 0 Å². The molecule has 3 nitrogen and oxygen atoms in total. The van der Waals surface area contributed by atoms with E-state index >= 15 is 0 Å². The number of fused-ring (bicyclic) bond motifs is 1. The zero-order chi connectivity index (χ0) is 12.3.